The van der Waals surface area contributed by atoms with Gasteiger partial charge < -0.3 is 15.0 Å². The molecule has 0 unspecified atom stereocenters. The van der Waals surface area contributed by atoms with Gasteiger partial charge in [-0.1, -0.05) is 6.07 Å². The van der Waals surface area contributed by atoms with E-state index >= 15 is 0 Å². The van der Waals surface area contributed by atoms with Crippen molar-refractivity contribution in [3.05, 3.63) is 36.5 Å². The number of anilines is 1. The van der Waals surface area contributed by atoms with Gasteiger partial charge in [0, 0.05) is 54.4 Å². The van der Waals surface area contributed by atoms with Crippen LogP contribution in [0.15, 0.2) is 30.9 Å². The number of pyridine rings is 1. The zero-order valence-corrected chi connectivity index (χ0v) is 16.9. The molecule has 5 rings (SSSR count). The molecule has 29 heavy (non-hydrogen) atoms. The van der Waals surface area contributed by atoms with Gasteiger partial charge in [0.1, 0.15) is 17.8 Å². The summed E-state index contributed by atoms with van der Waals surface area (Å²) in [5, 5.41) is 4.77. The van der Waals surface area contributed by atoms with E-state index in [4.69, 9.17) is 4.74 Å². The van der Waals surface area contributed by atoms with Gasteiger partial charge in [0.25, 0.3) is 0 Å². The molecule has 1 saturated carbocycles. The van der Waals surface area contributed by atoms with Gasteiger partial charge in [-0.15, -0.1) is 0 Å². The number of ether oxygens (including phenoxy) is 1. The van der Waals surface area contributed by atoms with Crippen LogP contribution in [0.3, 0.4) is 0 Å². The average molecular weight is 393 g/mol. The summed E-state index contributed by atoms with van der Waals surface area (Å²) in [7, 11) is 0. The third kappa shape index (κ3) is 3.84. The molecule has 3 aromatic heterocycles. The Morgan fingerprint density at radius 1 is 1.07 bits per heavy atom. The van der Waals surface area contributed by atoms with E-state index in [1.54, 1.807) is 6.33 Å². The van der Waals surface area contributed by atoms with E-state index in [2.05, 4.69) is 36.2 Å². The molecule has 4 heterocycles. The van der Waals surface area contributed by atoms with Crippen LogP contribution in [0.4, 0.5) is 5.82 Å². The Morgan fingerprint density at radius 2 is 1.90 bits per heavy atom. The second-order valence-corrected chi connectivity index (χ2v) is 8.13. The average Bonchev–Trinajstić information content (AvgIpc) is 3.21. The number of rotatable bonds is 4. The van der Waals surface area contributed by atoms with Crippen LogP contribution in [0, 0.1) is 6.92 Å². The topological polar surface area (TPSA) is 79.0 Å². The number of aryl methyl sites for hydroxylation is 1. The molecule has 0 radical (unpaired) electrons. The highest BCUT2D eigenvalue weighted by Crippen LogP contribution is 2.33. The molecule has 0 atom stereocenters. The maximum atomic E-state index is 5.50. The maximum Gasteiger partial charge on any atom is 0.143 e. The van der Waals surface area contributed by atoms with Gasteiger partial charge in [0.15, 0.2) is 0 Å². The van der Waals surface area contributed by atoms with E-state index in [0.717, 1.165) is 60.0 Å². The van der Waals surface area contributed by atoms with Crippen molar-refractivity contribution in [3.8, 4) is 11.1 Å². The summed E-state index contributed by atoms with van der Waals surface area (Å²) in [5.74, 6) is 0.918. The third-order valence-corrected chi connectivity index (χ3v) is 6.29. The predicted molar refractivity (Wildman–Crippen MR) is 114 cm³/mol. The number of aromatic nitrogens is 4. The molecule has 1 aliphatic carbocycles. The number of morpholine rings is 1. The van der Waals surface area contributed by atoms with Gasteiger partial charge in [-0.2, -0.15) is 0 Å². The van der Waals surface area contributed by atoms with Crippen molar-refractivity contribution in [3.63, 3.8) is 0 Å². The van der Waals surface area contributed by atoms with E-state index in [1.165, 1.54) is 25.7 Å². The predicted octanol–water partition coefficient (Wildman–Crippen LogP) is 3.38. The Balaban J connectivity index is 1.33. The summed E-state index contributed by atoms with van der Waals surface area (Å²) in [6.07, 6.45) is 10.4. The number of nitrogens with one attached hydrogen (secondary N) is 2. The Morgan fingerprint density at radius 3 is 2.66 bits per heavy atom. The normalized spacial score (nSPS) is 23.3. The molecule has 3 aromatic rings. The minimum atomic E-state index is 0.448. The fraction of sp³-hybridized carbons (Fsp3) is 0.500. The number of hydrogen-bond acceptors (Lipinski definition) is 6. The number of H-pyrrole nitrogens is 1. The zero-order chi connectivity index (χ0) is 19.6. The number of fused-ring (bicyclic) bond motifs is 1. The minimum absolute atomic E-state index is 0.448. The smallest absolute Gasteiger partial charge is 0.143 e. The zero-order valence-electron chi connectivity index (χ0n) is 16.9. The summed E-state index contributed by atoms with van der Waals surface area (Å²) in [5.41, 5.74) is 4.05. The third-order valence-electron chi connectivity index (χ3n) is 6.29. The molecule has 2 N–H and O–H groups in total. The van der Waals surface area contributed by atoms with Gasteiger partial charge >= 0.3 is 0 Å². The first-order chi connectivity index (χ1) is 14.3. The molecular weight excluding hydrogens is 364 g/mol. The molecule has 2 fully saturated rings. The largest absolute Gasteiger partial charge is 0.379 e. The molecule has 0 spiro atoms. The van der Waals surface area contributed by atoms with Crippen molar-refractivity contribution in [2.75, 3.05) is 31.6 Å². The fourth-order valence-electron chi connectivity index (χ4n) is 4.65. The highest BCUT2D eigenvalue weighted by molar-refractivity contribution is 6.00. The lowest BCUT2D eigenvalue weighted by molar-refractivity contribution is 0.00791. The molecule has 1 aliphatic heterocycles. The lowest BCUT2D eigenvalue weighted by Gasteiger charge is -2.39. The first kappa shape index (κ1) is 18.5. The van der Waals surface area contributed by atoms with Gasteiger partial charge in [-0.05, 0) is 38.7 Å². The Labute approximate surface area is 170 Å². The highest BCUT2D eigenvalue weighted by atomic mass is 16.5. The number of aromatic amines is 1. The lowest BCUT2D eigenvalue weighted by atomic mass is 9.90. The van der Waals surface area contributed by atoms with Crippen LogP contribution < -0.4 is 5.32 Å². The molecule has 1 saturated heterocycles. The summed E-state index contributed by atoms with van der Waals surface area (Å²) in [6, 6.07) is 5.29. The van der Waals surface area contributed by atoms with Crippen LogP contribution in [0.1, 0.15) is 31.4 Å². The van der Waals surface area contributed by atoms with Crippen LogP contribution in [0.2, 0.25) is 0 Å². The lowest BCUT2D eigenvalue weighted by Crippen LogP contribution is -2.46. The van der Waals surface area contributed by atoms with Gasteiger partial charge in [0.2, 0.25) is 0 Å². The Kier molecular flexibility index (Phi) is 5.16. The standard InChI is InChI=1S/C22H28N6O/c1-15-2-3-16(12-23-15)19-13-24-21-20(19)22(26-14-25-21)27-17-4-6-18(7-5-17)28-8-10-29-11-9-28/h2-3,12-14,17-18H,4-11H2,1H3,(H2,24,25,26,27)/t17-,18-. The van der Waals surface area contributed by atoms with Crippen LogP contribution in [0.25, 0.3) is 22.2 Å². The van der Waals surface area contributed by atoms with Crippen molar-refractivity contribution in [1.29, 1.82) is 0 Å². The summed E-state index contributed by atoms with van der Waals surface area (Å²) >= 11 is 0. The Hall–Kier alpha value is -2.51. The van der Waals surface area contributed by atoms with Gasteiger partial charge in [0.05, 0.1) is 18.6 Å². The highest BCUT2D eigenvalue weighted by Gasteiger charge is 2.27. The summed E-state index contributed by atoms with van der Waals surface area (Å²) < 4.78 is 5.50. The van der Waals surface area contributed by atoms with Crippen molar-refractivity contribution < 1.29 is 4.74 Å². The fourth-order valence-corrected chi connectivity index (χ4v) is 4.65. The van der Waals surface area contributed by atoms with Crippen LogP contribution in [-0.2, 0) is 4.74 Å². The van der Waals surface area contributed by atoms with Crippen LogP contribution in [0.5, 0.6) is 0 Å². The SMILES string of the molecule is Cc1ccc(-c2c[nH]c3ncnc(N[C@H]4CC[C@H](N5CCOCC5)CC4)c23)cn1. The first-order valence-electron chi connectivity index (χ1n) is 10.6. The maximum absolute atomic E-state index is 5.50. The molecule has 0 amide bonds. The van der Waals surface area contributed by atoms with E-state index in [1.807, 2.05) is 25.4 Å². The van der Waals surface area contributed by atoms with Gasteiger partial charge in [-0.3, -0.25) is 9.88 Å². The molecule has 2 aliphatic rings. The molecular formula is C22H28N6O. The molecule has 0 aromatic carbocycles. The van der Waals surface area contributed by atoms with Crippen LogP contribution in [-0.4, -0.2) is 63.2 Å². The molecule has 0 bridgehead atoms. The molecule has 7 heteroatoms. The summed E-state index contributed by atoms with van der Waals surface area (Å²) in [4.78, 5) is 19.4. The Bertz CT molecular complexity index is 955. The van der Waals surface area contributed by atoms with Crippen LogP contribution >= 0.6 is 0 Å². The summed E-state index contributed by atoms with van der Waals surface area (Å²) in [6.45, 7) is 5.91. The van der Waals surface area contributed by atoms with Crippen molar-refractivity contribution in [2.24, 2.45) is 0 Å². The van der Waals surface area contributed by atoms with Crippen molar-refractivity contribution >= 4 is 16.9 Å². The van der Waals surface area contributed by atoms with Crippen molar-refractivity contribution in [2.45, 2.75) is 44.7 Å². The number of nitrogens with zero attached hydrogens (tertiary/aromatic N) is 4. The second-order valence-electron chi connectivity index (χ2n) is 8.13. The monoisotopic (exact) mass is 392 g/mol. The van der Waals surface area contributed by atoms with Gasteiger partial charge in [-0.25, -0.2) is 9.97 Å². The quantitative estimate of drug-likeness (QED) is 0.709. The first-order valence-corrected chi connectivity index (χ1v) is 10.6. The minimum Gasteiger partial charge on any atom is -0.379 e. The van der Waals surface area contributed by atoms with Crippen molar-refractivity contribution in [1.82, 2.24) is 24.8 Å². The van der Waals surface area contributed by atoms with E-state index in [0.29, 0.717) is 12.1 Å². The molecule has 152 valence electrons. The molecule has 7 nitrogen and oxygen atoms in total. The number of hydrogen-bond donors (Lipinski definition) is 2. The van der Waals surface area contributed by atoms with E-state index < -0.39 is 0 Å². The second kappa shape index (κ2) is 8.08. The van der Waals surface area contributed by atoms with E-state index in [-0.39, 0.29) is 0 Å². The van der Waals surface area contributed by atoms with E-state index in [9.17, 15) is 0 Å².